The molecule has 31 heavy (non-hydrogen) atoms. The first-order valence-corrected chi connectivity index (χ1v) is 9.85. The van der Waals surface area contributed by atoms with E-state index in [4.69, 9.17) is 0 Å². The molecule has 0 radical (unpaired) electrons. The maximum Gasteiger partial charge on any atom is 0.413 e. The van der Waals surface area contributed by atoms with Gasteiger partial charge in [0.15, 0.2) is 0 Å². The summed E-state index contributed by atoms with van der Waals surface area (Å²) in [7, 11) is 3.08. The average Bonchev–Trinajstić information content (AvgIpc) is 3.15. The minimum absolute atomic E-state index is 0.174. The molecule has 2 aromatic rings. The van der Waals surface area contributed by atoms with Gasteiger partial charge in [0.25, 0.3) is 5.91 Å². The highest BCUT2D eigenvalue weighted by atomic mass is 16.3. The van der Waals surface area contributed by atoms with Gasteiger partial charge in [-0.05, 0) is 35.4 Å². The molecule has 3 amide bonds. The number of rotatable bonds is 5. The van der Waals surface area contributed by atoms with Crippen LogP contribution in [0, 0.1) is 0 Å². The SMILES string of the molecule is CN1C(=O)C2C(=NC(N/N=C/c3ccc(O)cc3)=[N+]2CCc2ccccc2)N(C)C1=O. The largest absolute Gasteiger partial charge is 0.508 e. The Morgan fingerprint density at radius 3 is 2.52 bits per heavy atom. The van der Waals surface area contributed by atoms with E-state index in [1.165, 1.54) is 11.9 Å². The molecule has 0 aliphatic carbocycles. The maximum atomic E-state index is 12.9. The molecular weight excluding hydrogens is 396 g/mol. The van der Waals surface area contributed by atoms with Gasteiger partial charge in [-0.15, -0.1) is 5.10 Å². The summed E-state index contributed by atoms with van der Waals surface area (Å²) in [6.07, 6.45) is 2.29. The van der Waals surface area contributed by atoms with E-state index in [9.17, 15) is 14.7 Å². The van der Waals surface area contributed by atoms with Gasteiger partial charge in [0.2, 0.25) is 11.9 Å². The second kappa shape index (κ2) is 8.39. The summed E-state index contributed by atoms with van der Waals surface area (Å²) in [6, 6.07) is 15.4. The van der Waals surface area contributed by atoms with Crippen molar-refractivity contribution < 1.29 is 19.3 Å². The lowest BCUT2D eigenvalue weighted by molar-refractivity contribution is -0.536. The van der Waals surface area contributed by atoms with Crippen LogP contribution in [0.3, 0.4) is 0 Å². The quantitative estimate of drug-likeness (QED) is 0.433. The number of imide groups is 1. The number of guanidine groups is 1. The summed E-state index contributed by atoms with van der Waals surface area (Å²) in [5.74, 6) is 0.625. The van der Waals surface area contributed by atoms with Crippen LogP contribution in [-0.4, -0.2) is 76.1 Å². The van der Waals surface area contributed by atoms with Crippen LogP contribution >= 0.6 is 0 Å². The number of carbonyl (C=O) groups is 2. The van der Waals surface area contributed by atoms with Crippen molar-refractivity contribution in [1.82, 2.24) is 15.2 Å². The second-order valence-electron chi connectivity index (χ2n) is 7.33. The molecule has 9 heteroatoms. The van der Waals surface area contributed by atoms with Crippen LogP contribution in [0.5, 0.6) is 5.75 Å². The lowest BCUT2D eigenvalue weighted by atomic mass is 10.1. The Morgan fingerprint density at radius 2 is 1.81 bits per heavy atom. The highest BCUT2D eigenvalue weighted by Crippen LogP contribution is 2.19. The second-order valence-corrected chi connectivity index (χ2v) is 7.33. The number of hydrazone groups is 1. The first-order valence-electron chi connectivity index (χ1n) is 9.85. The first-order chi connectivity index (χ1) is 15.0. The highest BCUT2D eigenvalue weighted by Gasteiger charge is 2.51. The van der Waals surface area contributed by atoms with Crippen molar-refractivity contribution >= 4 is 29.9 Å². The van der Waals surface area contributed by atoms with E-state index in [-0.39, 0.29) is 11.7 Å². The predicted octanol–water partition coefficient (Wildman–Crippen LogP) is 1.23. The molecule has 2 heterocycles. The predicted molar refractivity (Wildman–Crippen MR) is 116 cm³/mol. The van der Waals surface area contributed by atoms with Crippen LogP contribution in [0.25, 0.3) is 0 Å². The summed E-state index contributed by atoms with van der Waals surface area (Å²) in [4.78, 5) is 32.3. The smallest absolute Gasteiger partial charge is 0.413 e. The molecule has 1 saturated heterocycles. The van der Waals surface area contributed by atoms with Gasteiger partial charge in [-0.25, -0.2) is 9.37 Å². The summed E-state index contributed by atoms with van der Waals surface area (Å²) in [5.41, 5.74) is 4.83. The Morgan fingerprint density at radius 1 is 1.10 bits per heavy atom. The van der Waals surface area contributed by atoms with E-state index >= 15 is 0 Å². The molecule has 0 saturated carbocycles. The molecule has 2 N–H and O–H groups in total. The van der Waals surface area contributed by atoms with Crippen molar-refractivity contribution in [1.29, 1.82) is 0 Å². The number of phenolic OH excluding ortho intramolecular Hbond substituents is 1. The third-order valence-electron chi connectivity index (χ3n) is 5.29. The van der Waals surface area contributed by atoms with E-state index < -0.39 is 12.1 Å². The molecule has 1 unspecified atom stereocenters. The topological polar surface area (TPSA) is 101 Å². The van der Waals surface area contributed by atoms with Crippen LogP contribution in [0.15, 0.2) is 64.7 Å². The Bertz CT molecular complexity index is 1090. The molecule has 0 aromatic heterocycles. The van der Waals surface area contributed by atoms with Crippen LogP contribution in [0.2, 0.25) is 0 Å². The third-order valence-corrected chi connectivity index (χ3v) is 5.29. The number of urea groups is 1. The molecule has 158 valence electrons. The van der Waals surface area contributed by atoms with Gasteiger partial charge in [0, 0.05) is 20.5 Å². The van der Waals surface area contributed by atoms with Crippen LogP contribution < -0.4 is 5.43 Å². The summed E-state index contributed by atoms with van der Waals surface area (Å²) < 4.78 is 1.83. The fourth-order valence-electron chi connectivity index (χ4n) is 3.54. The number of benzene rings is 2. The van der Waals surface area contributed by atoms with Crippen molar-refractivity contribution in [3.05, 3.63) is 65.7 Å². The van der Waals surface area contributed by atoms with Gasteiger partial charge < -0.3 is 5.11 Å². The molecule has 1 fully saturated rings. The third kappa shape index (κ3) is 4.02. The zero-order valence-corrected chi connectivity index (χ0v) is 17.3. The summed E-state index contributed by atoms with van der Waals surface area (Å²) in [5, 5.41) is 13.6. The minimum atomic E-state index is -0.692. The molecule has 4 rings (SSSR count). The summed E-state index contributed by atoms with van der Waals surface area (Å²) in [6.45, 7) is 0.514. The highest BCUT2D eigenvalue weighted by molar-refractivity contribution is 6.22. The number of aromatic hydroxyl groups is 1. The van der Waals surface area contributed by atoms with E-state index in [0.717, 1.165) is 16.0 Å². The van der Waals surface area contributed by atoms with E-state index in [0.29, 0.717) is 24.8 Å². The normalized spacial score (nSPS) is 18.6. The fourth-order valence-corrected chi connectivity index (χ4v) is 3.54. The molecule has 2 aliphatic rings. The first kappa shape index (κ1) is 20.3. The zero-order chi connectivity index (χ0) is 22.0. The number of aliphatic imine (C=N–C) groups is 1. The number of hydrogen-bond donors (Lipinski definition) is 2. The molecule has 0 spiro atoms. The average molecular weight is 419 g/mol. The molecular formula is C22H23N6O3+. The van der Waals surface area contributed by atoms with Crippen molar-refractivity contribution in [3.63, 3.8) is 0 Å². The van der Waals surface area contributed by atoms with Gasteiger partial charge in [0.1, 0.15) is 5.75 Å². The lowest BCUT2D eigenvalue weighted by Crippen LogP contribution is -2.61. The zero-order valence-electron chi connectivity index (χ0n) is 17.3. The van der Waals surface area contributed by atoms with Crippen LogP contribution in [0.1, 0.15) is 11.1 Å². The standard InChI is InChI=1S/C22H22N6O3/c1-26-19-18(20(30)27(2)22(26)31)28(13-12-15-6-4-3-5-7-15)21(24-19)25-23-14-16-8-10-17(29)11-9-16/h3-11,14,18H,12-13H2,1-2H3,(H,23,29)/p+1. The van der Waals surface area contributed by atoms with Crippen molar-refractivity contribution in [2.45, 2.75) is 12.5 Å². The molecule has 2 aromatic carbocycles. The Kier molecular flexibility index (Phi) is 5.48. The Balaban J connectivity index is 1.61. The van der Waals surface area contributed by atoms with Crippen molar-refractivity contribution in [3.8, 4) is 5.75 Å². The van der Waals surface area contributed by atoms with E-state index in [2.05, 4.69) is 15.5 Å². The van der Waals surface area contributed by atoms with Gasteiger partial charge >= 0.3 is 12.0 Å². The number of carbonyl (C=O) groups excluding carboxylic acids is 2. The number of hydrogen-bond acceptors (Lipinski definition) is 6. The molecule has 0 bridgehead atoms. The van der Waals surface area contributed by atoms with E-state index in [1.54, 1.807) is 37.5 Å². The molecule has 2 aliphatic heterocycles. The fraction of sp³-hybridized carbons (Fsp3) is 0.227. The van der Waals surface area contributed by atoms with E-state index in [1.807, 2.05) is 34.9 Å². The minimum Gasteiger partial charge on any atom is -0.508 e. The molecule has 9 nitrogen and oxygen atoms in total. The van der Waals surface area contributed by atoms with Crippen molar-refractivity contribution in [2.75, 3.05) is 20.6 Å². The monoisotopic (exact) mass is 419 g/mol. The lowest BCUT2D eigenvalue weighted by Gasteiger charge is -2.31. The Hall–Kier alpha value is -4.01. The van der Waals surface area contributed by atoms with Crippen LogP contribution in [-0.2, 0) is 11.2 Å². The van der Waals surface area contributed by atoms with Gasteiger partial charge in [-0.3, -0.25) is 14.6 Å². The number of fused-ring (bicyclic) bond motifs is 1. The maximum absolute atomic E-state index is 12.9. The number of amidine groups is 1. The number of phenols is 1. The van der Waals surface area contributed by atoms with Gasteiger partial charge in [0.05, 0.1) is 12.8 Å². The number of nitrogens with one attached hydrogen (secondary N) is 1. The van der Waals surface area contributed by atoms with Crippen LogP contribution in [0.4, 0.5) is 4.79 Å². The number of nitrogens with zero attached hydrogens (tertiary/aromatic N) is 5. The molecule has 1 atom stereocenters. The number of likely N-dealkylation sites (N-methyl/N-ethyl adjacent to an activating group) is 2. The Labute approximate surface area is 179 Å². The van der Waals surface area contributed by atoms with Gasteiger partial charge in [-0.1, -0.05) is 35.3 Å². The van der Waals surface area contributed by atoms with Gasteiger partial charge in [-0.2, -0.15) is 5.43 Å². The number of amides is 3. The van der Waals surface area contributed by atoms with Crippen molar-refractivity contribution in [2.24, 2.45) is 10.1 Å². The summed E-state index contributed by atoms with van der Waals surface area (Å²) >= 11 is 0.